The maximum Gasteiger partial charge on any atom is 0.341 e. The van der Waals surface area contributed by atoms with Crippen LogP contribution in [-0.4, -0.2) is 39.5 Å². The van der Waals surface area contributed by atoms with Crippen molar-refractivity contribution in [3.63, 3.8) is 0 Å². The molecular weight excluding hydrogens is 464 g/mol. The summed E-state index contributed by atoms with van der Waals surface area (Å²) < 4.78 is 7.03. The summed E-state index contributed by atoms with van der Waals surface area (Å²) in [5.41, 5.74) is 2.59. The number of aromatic nitrogens is 3. The number of carbonyl (C=O) groups excluding carboxylic acids is 2. The van der Waals surface area contributed by atoms with E-state index in [1.54, 1.807) is 11.3 Å². The van der Waals surface area contributed by atoms with Crippen molar-refractivity contribution in [2.24, 2.45) is 0 Å². The molecule has 0 bridgehead atoms. The Hall–Kier alpha value is -2.17. The smallest absolute Gasteiger partial charge is 0.341 e. The van der Waals surface area contributed by atoms with Crippen molar-refractivity contribution in [2.75, 3.05) is 18.2 Å². The third-order valence-electron chi connectivity index (χ3n) is 5.34. The van der Waals surface area contributed by atoms with Crippen molar-refractivity contribution < 1.29 is 14.3 Å². The average Bonchev–Trinajstić information content (AvgIpc) is 3.53. The van der Waals surface area contributed by atoms with Gasteiger partial charge in [-0.3, -0.25) is 9.36 Å². The SMILES string of the molecule is CCc1cc(-c2nnc(SCC(=O)Nc3sc4c(c3C(=O)OC)CCC4)n2C(C)C)cs1. The van der Waals surface area contributed by atoms with Crippen molar-refractivity contribution in [1.29, 1.82) is 0 Å². The number of methoxy groups -OCH3 is 1. The second-order valence-electron chi connectivity index (χ2n) is 7.82. The quantitative estimate of drug-likeness (QED) is 0.344. The molecular formula is C22H26N4O3S3. The second-order valence-corrected chi connectivity index (χ2v) is 10.9. The minimum absolute atomic E-state index is 0.154. The zero-order valence-electron chi connectivity index (χ0n) is 18.6. The molecule has 1 amide bonds. The second kappa shape index (κ2) is 9.76. The van der Waals surface area contributed by atoms with Crippen LogP contribution in [0.3, 0.4) is 0 Å². The fourth-order valence-electron chi connectivity index (χ4n) is 3.82. The topological polar surface area (TPSA) is 86.1 Å². The number of fused-ring (bicyclic) bond motifs is 1. The number of carbonyl (C=O) groups is 2. The Bertz CT molecular complexity index is 1150. The van der Waals surface area contributed by atoms with Crippen molar-refractivity contribution in [2.45, 2.75) is 57.7 Å². The van der Waals surface area contributed by atoms with Crippen molar-refractivity contribution in [1.82, 2.24) is 14.8 Å². The summed E-state index contributed by atoms with van der Waals surface area (Å²) in [4.78, 5) is 27.5. The molecule has 0 fully saturated rings. The van der Waals surface area contributed by atoms with E-state index in [1.165, 1.54) is 40.0 Å². The molecule has 0 aromatic carbocycles. The van der Waals surface area contributed by atoms with Crippen LogP contribution >= 0.6 is 34.4 Å². The summed E-state index contributed by atoms with van der Waals surface area (Å²) in [5.74, 6) is 0.432. The predicted molar refractivity (Wildman–Crippen MR) is 130 cm³/mol. The number of thioether (sulfide) groups is 1. The molecule has 4 rings (SSSR count). The highest BCUT2D eigenvalue weighted by Crippen LogP contribution is 2.39. The average molecular weight is 491 g/mol. The number of aryl methyl sites for hydroxylation is 2. The van der Waals surface area contributed by atoms with Gasteiger partial charge in [0.2, 0.25) is 5.91 Å². The molecule has 1 N–H and O–H groups in total. The number of thiophene rings is 2. The van der Waals surface area contributed by atoms with Gasteiger partial charge in [-0.05, 0) is 51.2 Å². The number of nitrogens with zero attached hydrogens (tertiary/aromatic N) is 3. The van der Waals surface area contributed by atoms with E-state index in [0.29, 0.717) is 15.7 Å². The highest BCUT2D eigenvalue weighted by Gasteiger charge is 2.28. The Morgan fingerprint density at radius 1 is 1.31 bits per heavy atom. The third-order valence-corrected chi connectivity index (χ3v) is 8.57. The minimum Gasteiger partial charge on any atom is -0.465 e. The van der Waals surface area contributed by atoms with E-state index in [1.807, 2.05) is 0 Å². The van der Waals surface area contributed by atoms with E-state index in [0.717, 1.165) is 42.6 Å². The summed E-state index contributed by atoms with van der Waals surface area (Å²) in [7, 11) is 1.37. The maximum atomic E-state index is 12.7. The monoisotopic (exact) mass is 490 g/mol. The van der Waals surface area contributed by atoms with Gasteiger partial charge in [0.25, 0.3) is 0 Å². The molecule has 3 aromatic heterocycles. The molecule has 7 nitrogen and oxygen atoms in total. The highest BCUT2D eigenvalue weighted by molar-refractivity contribution is 7.99. The first-order chi connectivity index (χ1) is 15.4. The lowest BCUT2D eigenvalue weighted by Crippen LogP contribution is -2.17. The van der Waals surface area contributed by atoms with E-state index in [2.05, 4.69) is 52.3 Å². The Morgan fingerprint density at radius 2 is 2.12 bits per heavy atom. The van der Waals surface area contributed by atoms with Gasteiger partial charge in [-0.15, -0.1) is 32.9 Å². The Labute approximate surface area is 199 Å². The lowest BCUT2D eigenvalue weighted by atomic mass is 10.1. The number of esters is 1. The van der Waals surface area contributed by atoms with E-state index in [4.69, 9.17) is 4.74 Å². The van der Waals surface area contributed by atoms with Gasteiger partial charge in [0.1, 0.15) is 5.00 Å². The summed E-state index contributed by atoms with van der Waals surface area (Å²) in [6.07, 6.45) is 3.81. The Morgan fingerprint density at radius 3 is 2.81 bits per heavy atom. The number of anilines is 1. The minimum atomic E-state index is -0.390. The van der Waals surface area contributed by atoms with Gasteiger partial charge >= 0.3 is 5.97 Å². The number of rotatable bonds is 8. The van der Waals surface area contributed by atoms with Crippen molar-refractivity contribution in [3.8, 4) is 11.4 Å². The van der Waals surface area contributed by atoms with E-state index in [9.17, 15) is 9.59 Å². The van der Waals surface area contributed by atoms with Gasteiger partial charge in [-0.1, -0.05) is 18.7 Å². The summed E-state index contributed by atoms with van der Waals surface area (Å²) in [6.45, 7) is 6.30. The van der Waals surface area contributed by atoms with E-state index < -0.39 is 5.97 Å². The first-order valence-corrected chi connectivity index (χ1v) is 13.3. The normalized spacial score (nSPS) is 12.9. The zero-order chi connectivity index (χ0) is 22.8. The summed E-state index contributed by atoms with van der Waals surface area (Å²) in [6, 6.07) is 2.31. The molecule has 32 heavy (non-hydrogen) atoms. The lowest BCUT2D eigenvalue weighted by Gasteiger charge is -2.13. The number of hydrogen-bond acceptors (Lipinski definition) is 8. The predicted octanol–water partition coefficient (Wildman–Crippen LogP) is 5.22. The zero-order valence-corrected chi connectivity index (χ0v) is 21.0. The standard InChI is InChI=1S/C22H26N4O3S3/c1-5-14-9-13(10-30-14)19-24-25-22(26(19)12(2)3)31-11-17(27)23-20-18(21(28)29-4)15-7-6-8-16(15)32-20/h9-10,12H,5-8,11H2,1-4H3,(H,23,27). The Balaban J connectivity index is 1.49. The molecule has 0 radical (unpaired) electrons. The van der Waals surface area contributed by atoms with Crippen molar-refractivity contribution >= 4 is 51.3 Å². The molecule has 10 heteroatoms. The van der Waals surface area contributed by atoms with Crippen LogP contribution in [-0.2, 0) is 28.8 Å². The molecule has 0 saturated heterocycles. The first kappa shape index (κ1) is 23.0. The van der Waals surface area contributed by atoms with Crippen LogP contribution in [0.15, 0.2) is 16.6 Å². The van der Waals surface area contributed by atoms with Gasteiger partial charge in [0, 0.05) is 26.7 Å². The number of amides is 1. The number of ether oxygens (including phenoxy) is 1. The van der Waals surface area contributed by atoms with Gasteiger partial charge in [-0.2, -0.15) is 0 Å². The molecule has 0 aliphatic heterocycles. The molecule has 3 aromatic rings. The van der Waals surface area contributed by atoms with Crippen LogP contribution in [0.1, 0.15) is 58.9 Å². The van der Waals surface area contributed by atoms with Crippen LogP contribution in [0.25, 0.3) is 11.4 Å². The summed E-state index contributed by atoms with van der Waals surface area (Å²) >= 11 is 4.55. The van der Waals surface area contributed by atoms with Crippen LogP contribution in [0, 0.1) is 0 Å². The molecule has 3 heterocycles. The van der Waals surface area contributed by atoms with Gasteiger partial charge in [-0.25, -0.2) is 4.79 Å². The fraction of sp³-hybridized carbons (Fsp3) is 0.455. The highest BCUT2D eigenvalue weighted by atomic mass is 32.2. The largest absolute Gasteiger partial charge is 0.465 e. The van der Waals surface area contributed by atoms with E-state index in [-0.39, 0.29) is 17.7 Å². The third kappa shape index (κ3) is 4.49. The molecule has 0 unspecified atom stereocenters. The number of hydrogen-bond donors (Lipinski definition) is 1. The van der Waals surface area contributed by atoms with Crippen LogP contribution < -0.4 is 5.32 Å². The van der Waals surface area contributed by atoms with Gasteiger partial charge < -0.3 is 10.1 Å². The van der Waals surface area contributed by atoms with Crippen LogP contribution in [0.5, 0.6) is 0 Å². The molecule has 0 saturated carbocycles. The lowest BCUT2D eigenvalue weighted by molar-refractivity contribution is -0.113. The maximum absolute atomic E-state index is 12.7. The first-order valence-electron chi connectivity index (χ1n) is 10.6. The fourth-order valence-corrected chi connectivity index (χ4v) is 6.80. The Kier molecular flexibility index (Phi) is 7.02. The summed E-state index contributed by atoms with van der Waals surface area (Å²) in [5, 5.41) is 15.1. The molecule has 0 spiro atoms. The molecule has 1 aliphatic rings. The van der Waals surface area contributed by atoms with Crippen LogP contribution in [0.4, 0.5) is 5.00 Å². The van der Waals surface area contributed by atoms with E-state index >= 15 is 0 Å². The molecule has 0 atom stereocenters. The van der Waals surface area contributed by atoms with Gasteiger partial charge in [0.15, 0.2) is 11.0 Å². The van der Waals surface area contributed by atoms with Crippen LogP contribution in [0.2, 0.25) is 0 Å². The molecule has 170 valence electrons. The molecule has 1 aliphatic carbocycles. The van der Waals surface area contributed by atoms with Gasteiger partial charge in [0.05, 0.1) is 18.4 Å². The van der Waals surface area contributed by atoms with Crippen molar-refractivity contribution in [3.05, 3.63) is 32.3 Å². The number of nitrogens with one attached hydrogen (secondary N) is 1.